The van der Waals surface area contributed by atoms with E-state index in [4.69, 9.17) is 25.3 Å². The second-order valence-electron chi connectivity index (χ2n) is 10.5. The molecule has 0 radical (unpaired) electrons. The lowest BCUT2D eigenvalue weighted by Crippen LogP contribution is -2.33. The van der Waals surface area contributed by atoms with Gasteiger partial charge in [0.05, 0.1) is 39.6 Å². The highest BCUT2D eigenvalue weighted by molar-refractivity contribution is 7.84. The van der Waals surface area contributed by atoms with Crippen molar-refractivity contribution < 1.29 is 8.73 Å². The van der Waals surface area contributed by atoms with Gasteiger partial charge < -0.3 is 15.2 Å². The molecule has 4 aromatic rings. The Kier molecular flexibility index (Phi) is 8.35. The van der Waals surface area contributed by atoms with Crippen molar-refractivity contribution in [1.29, 1.82) is 5.26 Å². The summed E-state index contributed by atoms with van der Waals surface area (Å²) in [6.45, 7) is 7.43. The van der Waals surface area contributed by atoms with E-state index < -0.39 is 10.8 Å². The predicted molar refractivity (Wildman–Crippen MR) is 159 cm³/mol. The molecule has 1 saturated heterocycles. The largest absolute Gasteiger partial charge is 0.389 e. The zero-order valence-corrected chi connectivity index (χ0v) is 25.4. The highest BCUT2D eigenvalue weighted by Crippen LogP contribution is 2.43. The van der Waals surface area contributed by atoms with Gasteiger partial charge in [-0.25, -0.2) is 14.6 Å². The van der Waals surface area contributed by atoms with E-state index in [1.54, 1.807) is 12.5 Å². The number of likely N-dealkylation sites (N-methyl/N-ethyl adjacent to an activating group) is 1. The molecule has 1 aliphatic heterocycles. The zero-order chi connectivity index (χ0) is 28.6. The summed E-state index contributed by atoms with van der Waals surface area (Å²) in [7, 11) is 0.765. The van der Waals surface area contributed by atoms with Crippen LogP contribution in [-0.4, -0.2) is 59.9 Å². The van der Waals surface area contributed by atoms with E-state index in [1.165, 1.54) is 11.3 Å². The lowest BCUT2D eigenvalue weighted by atomic mass is 9.98. The molecule has 40 heavy (non-hydrogen) atoms. The summed E-state index contributed by atoms with van der Waals surface area (Å²) in [5, 5.41) is 20.7. The van der Waals surface area contributed by atoms with E-state index in [9.17, 15) is 9.47 Å². The number of rotatable bonds is 10. The van der Waals surface area contributed by atoms with Crippen LogP contribution in [0.2, 0.25) is 0 Å². The Hall–Kier alpha value is -3.14. The Morgan fingerprint density at radius 1 is 1.30 bits per heavy atom. The quantitative estimate of drug-likeness (QED) is 0.246. The third-order valence-corrected chi connectivity index (χ3v) is 9.75. The minimum atomic E-state index is -1.38. The third-order valence-electron chi connectivity index (χ3n) is 7.82. The van der Waals surface area contributed by atoms with Gasteiger partial charge in [-0.3, -0.25) is 4.21 Å². The van der Waals surface area contributed by atoms with Crippen molar-refractivity contribution in [3.05, 3.63) is 22.2 Å². The number of hydrogen-bond acceptors (Lipinski definition) is 10. The first-order valence-electron chi connectivity index (χ1n) is 13.9. The monoisotopic (exact) mass is 580 g/mol. The number of likely N-dealkylation sites (tertiary alicyclic amines) is 1. The Balaban J connectivity index is 1.71. The van der Waals surface area contributed by atoms with Crippen LogP contribution in [-0.2, 0) is 23.6 Å². The van der Waals surface area contributed by atoms with E-state index in [0.717, 1.165) is 61.1 Å². The first-order chi connectivity index (χ1) is 19.3. The maximum atomic E-state index is 12.9. The molecule has 4 aromatic heterocycles. The van der Waals surface area contributed by atoms with Gasteiger partial charge >= 0.3 is 0 Å². The number of hydrogen-bond donors (Lipinski definition) is 1. The maximum Gasteiger partial charge on any atom is 0.185 e. The van der Waals surface area contributed by atoms with Crippen molar-refractivity contribution >= 4 is 38.2 Å². The van der Waals surface area contributed by atoms with Crippen LogP contribution in [0.5, 0.6) is 0 Å². The van der Waals surface area contributed by atoms with Crippen molar-refractivity contribution in [2.75, 3.05) is 25.6 Å². The van der Waals surface area contributed by atoms with Gasteiger partial charge in [-0.2, -0.15) is 10.4 Å². The fraction of sp³-hybridized carbons (Fsp3) is 0.536. The summed E-state index contributed by atoms with van der Waals surface area (Å²) in [6, 6.07) is 2.68. The Labute approximate surface area is 241 Å². The van der Waals surface area contributed by atoms with Crippen molar-refractivity contribution in [1.82, 2.24) is 29.8 Å². The van der Waals surface area contributed by atoms with Gasteiger partial charge in [-0.1, -0.05) is 31.8 Å². The number of anilines is 1. The average Bonchev–Trinajstić information content (AvgIpc) is 3.71. The minimum Gasteiger partial charge on any atom is -0.389 e. The standard InChI is InChI=1S/C28H36N8O2S2/c1-6-8-11-17-23(34-38-24(17)22-18(14-29)25(30)39-21(22)10-7-2)26-32-27-19(28(33-26)40(5)37)15-31-36(27)16(3)20-12-9-13-35(20)4/h15-16,20H,6-13,30H2,1-5H3. The van der Waals surface area contributed by atoms with Gasteiger partial charge in [-0.05, 0) is 52.6 Å². The maximum absolute atomic E-state index is 12.9. The van der Waals surface area contributed by atoms with E-state index in [0.29, 0.717) is 56.4 Å². The number of nitrogens with zero attached hydrogens (tertiary/aromatic N) is 7. The Morgan fingerprint density at radius 2 is 2.10 bits per heavy atom. The topological polar surface area (TPSA) is 140 Å². The molecule has 5 rings (SSSR count). The van der Waals surface area contributed by atoms with Gasteiger partial charge in [0.1, 0.15) is 16.1 Å². The lowest BCUT2D eigenvalue weighted by Gasteiger charge is -2.26. The predicted octanol–water partition coefficient (Wildman–Crippen LogP) is 5.35. The fourth-order valence-electron chi connectivity index (χ4n) is 5.75. The summed E-state index contributed by atoms with van der Waals surface area (Å²) >= 11 is 1.43. The number of aromatic nitrogens is 5. The molecule has 5 heterocycles. The summed E-state index contributed by atoms with van der Waals surface area (Å²) in [4.78, 5) is 13.1. The first kappa shape index (κ1) is 28.4. The van der Waals surface area contributed by atoms with E-state index >= 15 is 0 Å². The number of nitriles is 1. The van der Waals surface area contributed by atoms with Gasteiger partial charge in [-0.15, -0.1) is 11.3 Å². The number of fused-ring (bicyclic) bond motifs is 1. The van der Waals surface area contributed by atoms with Crippen molar-refractivity contribution in [3.8, 4) is 28.9 Å². The van der Waals surface area contributed by atoms with Crippen LogP contribution in [0.25, 0.3) is 33.9 Å². The van der Waals surface area contributed by atoms with Gasteiger partial charge in [0, 0.05) is 22.7 Å². The Morgan fingerprint density at radius 3 is 2.75 bits per heavy atom. The molecule has 2 N–H and O–H groups in total. The summed E-state index contributed by atoms with van der Waals surface area (Å²) in [5.74, 6) is 0.903. The average molecular weight is 581 g/mol. The zero-order valence-electron chi connectivity index (χ0n) is 23.7. The van der Waals surface area contributed by atoms with Gasteiger partial charge in [0.2, 0.25) is 0 Å². The van der Waals surface area contributed by atoms with Gasteiger partial charge in [0.15, 0.2) is 22.9 Å². The fourth-order valence-corrected chi connectivity index (χ4v) is 7.54. The second-order valence-corrected chi connectivity index (χ2v) is 12.9. The van der Waals surface area contributed by atoms with E-state index in [-0.39, 0.29) is 6.04 Å². The Bertz CT molecular complexity index is 1600. The van der Waals surface area contributed by atoms with Crippen LogP contribution in [0.15, 0.2) is 15.7 Å². The molecule has 10 nitrogen and oxygen atoms in total. The molecule has 0 spiro atoms. The number of nitrogen functional groups attached to an aromatic ring is 1. The van der Waals surface area contributed by atoms with Crippen LogP contribution < -0.4 is 5.73 Å². The summed E-state index contributed by atoms with van der Waals surface area (Å²) in [5.41, 5.74) is 9.39. The van der Waals surface area contributed by atoms with Crippen LogP contribution in [0, 0.1) is 11.3 Å². The summed E-state index contributed by atoms with van der Waals surface area (Å²) < 4.78 is 20.8. The highest BCUT2D eigenvalue weighted by Gasteiger charge is 2.31. The normalized spacial score (nSPS) is 17.4. The van der Waals surface area contributed by atoms with Crippen molar-refractivity contribution in [2.24, 2.45) is 0 Å². The minimum absolute atomic E-state index is 0.0712. The third kappa shape index (κ3) is 4.95. The summed E-state index contributed by atoms with van der Waals surface area (Å²) in [6.07, 6.45) is 9.79. The van der Waals surface area contributed by atoms with Crippen molar-refractivity contribution in [2.45, 2.75) is 82.8 Å². The van der Waals surface area contributed by atoms with Crippen molar-refractivity contribution in [3.63, 3.8) is 0 Å². The van der Waals surface area contributed by atoms with E-state index in [1.807, 2.05) is 4.68 Å². The molecular formula is C28H36N8O2S2. The molecule has 1 aliphatic rings. The molecular weight excluding hydrogens is 544 g/mol. The molecule has 12 heteroatoms. The molecule has 0 saturated carbocycles. The van der Waals surface area contributed by atoms with Crippen LogP contribution in [0.4, 0.5) is 5.00 Å². The molecule has 0 bridgehead atoms. The molecule has 212 valence electrons. The highest BCUT2D eigenvalue weighted by atomic mass is 32.2. The molecule has 1 fully saturated rings. The number of nitrogens with two attached hydrogens (primary N) is 1. The molecule has 0 aromatic carbocycles. The number of unbranched alkanes of at least 4 members (excludes halogenated alkanes) is 1. The molecule has 0 amide bonds. The number of thiophene rings is 1. The lowest BCUT2D eigenvalue weighted by molar-refractivity contribution is 0.232. The molecule has 3 unspecified atom stereocenters. The van der Waals surface area contributed by atoms with Crippen LogP contribution in [0.1, 0.15) is 74.9 Å². The molecule has 0 aliphatic carbocycles. The number of aryl methyl sites for hydroxylation is 1. The SMILES string of the molecule is CCCCc1c(-c2nc(S(C)=O)c3cnn(C(C)C4CCCN4C)c3n2)noc1-c1c(CCC)sc(N)c1C#N. The van der Waals surface area contributed by atoms with Gasteiger partial charge in [0.25, 0.3) is 0 Å². The van der Waals surface area contributed by atoms with Crippen LogP contribution >= 0.6 is 11.3 Å². The van der Waals surface area contributed by atoms with Crippen LogP contribution in [0.3, 0.4) is 0 Å². The first-order valence-corrected chi connectivity index (χ1v) is 16.3. The second kappa shape index (κ2) is 11.8. The smallest absolute Gasteiger partial charge is 0.185 e. The van der Waals surface area contributed by atoms with E-state index in [2.05, 4.69) is 43.9 Å². The molecule has 3 atom stereocenters.